The van der Waals surface area contributed by atoms with Crippen molar-refractivity contribution >= 4 is 0 Å². The number of ether oxygens (including phenoxy) is 1. The van der Waals surface area contributed by atoms with Gasteiger partial charge in [-0.05, 0) is 37.7 Å². The van der Waals surface area contributed by atoms with E-state index in [9.17, 15) is 0 Å². The van der Waals surface area contributed by atoms with E-state index in [1.807, 2.05) is 19.3 Å². The molecule has 1 aliphatic carbocycles. The SMILES string of the molecule is COC(c1ncc(CC(C)N)cn1)C1CC1. The van der Waals surface area contributed by atoms with Crippen LogP contribution in [0.15, 0.2) is 12.4 Å². The maximum Gasteiger partial charge on any atom is 0.157 e. The lowest BCUT2D eigenvalue weighted by atomic mass is 10.1. The van der Waals surface area contributed by atoms with Crippen LogP contribution in [0.3, 0.4) is 0 Å². The first-order valence-electron chi connectivity index (χ1n) is 5.80. The molecule has 0 aromatic carbocycles. The zero-order chi connectivity index (χ0) is 11.5. The van der Waals surface area contributed by atoms with Crippen LogP contribution in [0.1, 0.15) is 37.3 Å². The summed E-state index contributed by atoms with van der Waals surface area (Å²) in [5.41, 5.74) is 6.81. The Balaban J connectivity index is 2.05. The molecule has 88 valence electrons. The average molecular weight is 221 g/mol. The maximum absolute atomic E-state index is 5.73. The summed E-state index contributed by atoms with van der Waals surface area (Å²) in [4.78, 5) is 8.75. The van der Waals surface area contributed by atoms with E-state index in [1.165, 1.54) is 12.8 Å². The molecule has 2 N–H and O–H groups in total. The van der Waals surface area contributed by atoms with Gasteiger partial charge < -0.3 is 10.5 Å². The molecular formula is C12H19N3O. The molecule has 2 unspecified atom stereocenters. The summed E-state index contributed by atoms with van der Waals surface area (Å²) in [6.45, 7) is 1.98. The maximum atomic E-state index is 5.73. The largest absolute Gasteiger partial charge is 0.373 e. The van der Waals surface area contributed by atoms with Gasteiger partial charge in [-0.3, -0.25) is 0 Å². The van der Waals surface area contributed by atoms with Crippen molar-refractivity contribution in [3.8, 4) is 0 Å². The minimum atomic E-state index is 0.0735. The fourth-order valence-electron chi connectivity index (χ4n) is 1.90. The highest BCUT2D eigenvalue weighted by Gasteiger charge is 2.34. The lowest BCUT2D eigenvalue weighted by Gasteiger charge is -2.13. The van der Waals surface area contributed by atoms with Crippen molar-refractivity contribution < 1.29 is 4.74 Å². The topological polar surface area (TPSA) is 61.0 Å². The molecule has 2 rings (SSSR count). The normalized spacial score (nSPS) is 19.4. The summed E-state index contributed by atoms with van der Waals surface area (Å²) in [7, 11) is 1.72. The Bertz CT molecular complexity index is 333. The molecule has 0 radical (unpaired) electrons. The highest BCUT2D eigenvalue weighted by atomic mass is 16.5. The minimum absolute atomic E-state index is 0.0735. The van der Waals surface area contributed by atoms with Gasteiger partial charge in [-0.2, -0.15) is 0 Å². The number of aromatic nitrogens is 2. The molecule has 16 heavy (non-hydrogen) atoms. The number of hydrogen-bond acceptors (Lipinski definition) is 4. The summed E-state index contributed by atoms with van der Waals surface area (Å²) in [5, 5.41) is 0. The predicted octanol–water partition coefficient (Wildman–Crippen LogP) is 1.46. The standard InChI is InChI=1S/C12H19N3O/c1-8(13)5-9-6-14-12(15-7-9)11(16-2)10-3-4-10/h6-8,10-11H,3-5,13H2,1-2H3. The van der Waals surface area contributed by atoms with Crippen LogP contribution in [0.4, 0.5) is 0 Å². The van der Waals surface area contributed by atoms with Crippen molar-refractivity contribution in [2.75, 3.05) is 7.11 Å². The molecule has 0 bridgehead atoms. The highest BCUT2D eigenvalue weighted by molar-refractivity contribution is 5.09. The van der Waals surface area contributed by atoms with Crippen LogP contribution in [-0.2, 0) is 11.2 Å². The van der Waals surface area contributed by atoms with Gasteiger partial charge in [-0.15, -0.1) is 0 Å². The third kappa shape index (κ3) is 2.77. The van der Waals surface area contributed by atoms with Crippen LogP contribution in [0, 0.1) is 5.92 Å². The molecule has 0 saturated heterocycles. The summed E-state index contributed by atoms with van der Waals surface area (Å²) in [6, 6.07) is 0.149. The predicted molar refractivity (Wildman–Crippen MR) is 61.9 cm³/mol. The Morgan fingerprint density at radius 2 is 2.06 bits per heavy atom. The van der Waals surface area contributed by atoms with Crippen LogP contribution in [0.5, 0.6) is 0 Å². The van der Waals surface area contributed by atoms with Gasteiger partial charge >= 0.3 is 0 Å². The molecule has 2 atom stereocenters. The molecule has 4 heteroatoms. The van der Waals surface area contributed by atoms with E-state index < -0.39 is 0 Å². The number of methoxy groups -OCH3 is 1. The van der Waals surface area contributed by atoms with Gasteiger partial charge in [0.15, 0.2) is 5.82 Å². The Labute approximate surface area is 96.2 Å². The zero-order valence-corrected chi connectivity index (χ0v) is 9.89. The molecule has 1 aromatic rings. The number of rotatable bonds is 5. The van der Waals surface area contributed by atoms with Crippen molar-refractivity contribution in [2.24, 2.45) is 11.7 Å². The smallest absolute Gasteiger partial charge is 0.157 e. The van der Waals surface area contributed by atoms with Gasteiger partial charge in [0.05, 0.1) is 0 Å². The van der Waals surface area contributed by atoms with Crippen molar-refractivity contribution in [2.45, 2.75) is 38.3 Å². The monoisotopic (exact) mass is 221 g/mol. The summed E-state index contributed by atoms with van der Waals surface area (Å²) < 4.78 is 5.43. The van der Waals surface area contributed by atoms with E-state index in [1.54, 1.807) is 7.11 Å². The van der Waals surface area contributed by atoms with Gasteiger partial charge in [-0.25, -0.2) is 9.97 Å². The first-order chi connectivity index (χ1) is 7.70. The second-order valence-corrected chi connectivity index (χ2v) is 4.62. The number of nitrogens with two attached hydrogens (primary N) is 1. The van der Waals surface area contributed by atoms with Crippen LogP contribution in [0.25, 0.3) is 0 Å². The zero-order valence-electron chi connectivity index (χ0n) is 9.89. The molecule has 1 saturated carbocycles. The van der Waals surface area contributed by atoms with Crippen LogP contribution in [0.2, 0.25) is 0 Å². The first kappa shape index (κ1) is 11.5. The fourth-order valence-corrected chi connectivity index (χ4v) is 1.90. The fraction of sp³-hybridized carbons (Fsp3) is 0.667. The molecule has 4 nitrogen and oxygen atoms in total. The van der Waals surface area contributed by atoms with E-state index >= 15 is 0 Å². The average Bonchev–Trinajstić information content (AvgIpc) is 3.05. The number of hydrogen-bond donors (Lipinski definition) is 1. The van der Waals surface area contributed by atoms with E-state index in [-0.39, 0.29) is 12.1 Å². The molecule has 0 aliphatic heterocycles. The Hall–Kier alpha value is -1.00. The molecule has 1 aromatic heterocycles. The van der Waals surface area contributed by atoms with Crippen molar-refractivity contribution in [3.63, 3.8) is 0 Å². The van der Waals surface area contributed by atoms with Crippen molar-refractivity contribution in [1.29, 1.82) is 0 Å². The van der Waals surface area contributed by atoms with Gasteiger partial charge in [0, 0.05) is 25.5 Å². The van der Waals surface area contributed by atoms with E-state index in [4.69, 9.17) is 10.5 Å². The van der Waals surface area contributed by atoms with Crippen LogP contribution < -0.4 is 5.73 Å². The highest BCUT2D eigenvalue weighted by Crippen LogP contribution is 2.41. The van der Waals surface area contributed by atoms with E-state index in [0.29, 0.717) is 5.92 Å². The van der Waals surface area contributed by atoms with Crippen molar-refractivity contribution in [1.82, 2.24) is 9.97 Å². The van der Waals surface area contributed by atoms with E-state index in [0.717, 1.165) is 17.8 Å². The summed E-state index contributed by atoms with van der Waals surface area (Å²) in [6.07, 6.45) is 7.07. The van der Waals surface area contributed by atoms with E-state index in [2.05, 4.69) is 9.97 Å². The van der Waals surface area contributed by atoms with Gasteiger partial charge in [0.1, 0.15) is 6.10 Å². The quantitative estimate of drug-likeness (QED) is 0.817. The molecule has 0 spiro atoms. The second-order valence-electron chi connectivity index (χ2n) is 4.62. The second kappa shape index (κ2) is 4.89. The summed E-state index contributed by atoms with van der Waals surface area (Å²) >= 11 is 0. The lowest BCUT2D eigenvalue weighted by molar-refractivity contribution is 0.0771. The minimum Gasteiger partial charge on any atom is -0.373 e. The third-order valence-corrected chi connectivity index (χ3v) is 2.84. The molecule has 1 heterocycles. The lowest BCUT2D eigenvalue weighted by Crippen LogP contribution is -2.18. The Kier molecular flexibility index (Phi) is 3.51. The molecule has 1 aliphatic rings. The van der Waals surface area contributed by atoms with Gasteiger partial charge in [0.2, 0.25) is 0 Å². The van der Waals surface area contributed by atoms with Gasteiger partial charge in [-0.1, -0.05) is 0 Å². The van der Waals surface area contributed by atoms with Gasteiger partial charge in [0.25, 0.3) is 0 Å². The Morgan fingerprint density at radius 1 is 1.44 bits per heavy atom. The molecule has 1 fully saturated rings. The number of nitrogens with zero attached hydrogens (tertiary/aromatic N) is 2. The van der Waals surface area contributed by atoms with Crippen LogP contribution in [-0.4, -0.2) is 23.1 Å². The van der Waals surface area contributed by atoms with Crippen LogP contribution >= 0.6 is 0 Å². The third-order valence-electron chi connectivity index (χ3n) is 2.84. The first-order valence-corrected chi connectivity index (χ1v) is 5.80. The molecule has 0 amide bonds. The van der Waals surface area contributed by atoms with Crippen molar-refractivity contribution in [3.05, 3.63) is 23.8 Å². The summed E-state index contributed by atoms with van der Waals surface area (Å²) in [5.74, 6) is 1.42. The molecular weight excluding hydrogens is 202 g/mol. The Morgan fingerprint density at radius 3 is 2.50 bits per heavy atom.